The molecule has 3 rings (SSSR count). The van der Waals surface area contributed by atoms with Gasteiger partial charge in [0.05, 0.1) is 0 Å². The monoisotopic (exact) mass is 289 g/mol. The average molecular weight is 289 g/mol. The molecule has 5 nitrogen and oxygen atoms in total. The van der Waals surface area contributed by atoms with E-state index in [0.29, 0.717) is 28.9 Å². The second kappa shape index (κ2) is 5.09. The summed E-state index contributed by atoms with van der Waals surface area (Å²) in [6.07, 6.45) is 5.25. The van der Waals surface area contributed by atoms with Gasteiger partial charge in [-0.05, 0) is 24.2 Å². The van der Waals surface area contributed by atoms with Gasteiger partial charge in [0.2, 0.25) is 0 Å². The van der Waals surface area contributed by atoms with Crippen LogP contribution in [0.5, 0.6) is 0 Å². The maximum absolute atomic E-state index is 13.4. The van der Waals surface area contributed by atoms with Crippen LogP contribution in [0.4, 0.5) is 10.2 Å². The molecule has 0 spiro atoms. The Morgan fingerprint density at radius 3 is 2.95 bits per heavy atom. The molecule has 0 aromatic carbocycles. The maximum atomic E-state index is 13.4. The number of nitrogens with two attached hydrogens (primary N) is 1. The third-order valence-electron chi connectivity index (χ3n) is 4.76. The summed E-state index contributed by atoms with van der Waals surface area (Å²) in [5.74, 6) is 1.73. The Morgan fingerprint density at radius 1 is 1.48 bits per heavy atom. The van der Waals surface area contributed by atoms with Gasteiger partial charge < -0.3 is 5.73 Å². The van der Waals surface area contributed by atoms with Gasteiger partial charge in [-0.15, -0.1) is 0 Å². The number of nitrogens with zero attached hydrogens (tertiary/aromatic N) is 4. The van der Waals surface area contributed by atoms with Gasteiger partial charge in [0.1, 0.15) is 6.33 Å². The number of hydrogen-bond acceptors (Lipinski definition) is 4. The Bertz CT molecular complexity index is 705. The van der Waals surface area contributed by atoms with Crippen LogP contribution in [0.1, 0.15) is 33.6 Å². The largest absolute Gasteiger partial charge is 0.382 e. The Kier molecular flexibility index (Phi) is 3.39. The smallest absolute Gasteiger partial charge is 0.312 e. The van der Waals surface area contributed by atoms with E-state index in [2.05, 4.69) is 41.8 Å². The van der Waals surface area contributed by atoms with Gasteiger partial charge in [0, 0.05) is 5.70 Å². The van der Waals surface area contributed by atoms with Gasteiger partial charge in [-0.3, -0.25) is 4.57 Å². The van der Waals surface area contributed by atoms with Crippen LogP contribution in [0.15, 0.2) is 12.4 Å². The summed E-state index contributed by atoms with van der Waals surface area (Å²) in [6, 6.07) is 0. The molecule has 0 saturated carbocycles. The van der Waals surface area contributed by atoms with Crippen molar-refractivity contribution in [3.05, 3.63) is 18.5 Å². The lowest BCUT2D eigenvalue weighted by atomic mass is 9.83. The first-order chi connectivity index (χ1) is 10.0. The van der Waals surface area contributed by atoms with Crippen molar-refractivity contribution in [3.63, 3.8) is 0 Å². The molecule has 112 valence electrons. The van der Waals surface area contributed by atoms with Crippen LogP contribution < -0.4 is 5.73 Å². The molecule has 21 heavy (non-hydrogen) atoms. The number of rotatable bonds is 3. The van der Waals surface area contributed by atoms with E-state index < -0.39 is 6.08 Å². The van der Waals surface area contributed by atoms with Crippen LogP contribution in [0.3, 0.4) is 0 Å². The number of hydrogen-bond donors (Lipinski definition) is 1. The highest BCUT2D eigenvalue weighted by Gasteiger charge is 2.31. The van der Waals surface area contributed by atoms with Gasteiger partial charge in [-0.1, -0.05) is 33.3 Å². The number of aromatic nitrogens is 4. The van der Waals surface area contributed by atoms with Crippen molar-refractivity contribution in [2.45, 2.75) is 33.6 Å². The van der Waals surface area contributed by atoms with Gasteiger partial charge in [0.15, 0.2) is 17.0 Å². The molecule has 6 heteroatoms. The van der Waals surface area contributed by atoms with Crippen LogP contribution in [-0.4, -0.2) is 19.5 Å². The fourth-order valence-electron chi connectivity index (χ4n) is 3.29. The van der Waals surface area contributed by atoms with E-state index >= 15 is 0 Å². The number of halogens is 1. The van der Waals surface area contributed by atoms with Crippen molar-refractivity contribution in [1.82, 2.24) is 19.5 Å². The number of fused-ring (bicyclic) bond motifs is 1. The second-order valence-electron chi connectivity index (χ2n) is 5.87. The Hall–Kier alpha value is -1.98. The summed E-state index contributed by atoms with van der Waals surface area (Å²) < 4.78 is 15.3. The summed E-state index contributed by atoms with van der Waals surface area (Å²) >= 11 is 0. The lowest BCUT2D eigenvalue weighted by Gasteiger charge is -2.24. The maximum Gasteiger partial charge on any atom is 0.312 e. The van der Waals surface area contributed by atoms with Gasteiger partial charge >= 0.3 is 6.08 Å². The molecule has 1 aliphatic carbocycles. The van der Waals surface area contributed by atoms with Crippen LogP contribution in [0.2, 0.25) is 0 Å². The highest BCUT2D eigenvalue weighted by atomic mass is 19.1. The molecule has 3 atom stereocenters. The highest BCUT2D eigenvalue weighted by Crippen LogP contribution is 2.40. The summed E-state index contributed by atoms with van der Waals surface area (Å²) in [5, 5.41) is 0. The summed E-state index contributed by atoms with van der Waals surface area (Å²) in [5.41, 5.74) is 7.74. The van der Waals surface area contributed by atoms with Gasteiger partial charge in [-0.25, -0.2) is 4.98 Å². The zero-order chi connectivity index (χ0) is 15.1. The molecule has 0 amide bonds. The van der Waals surface area contributed by atoms with E-state index in [1.165, 1.54) is 0 Å². The third-order valence-corrected chi connectivity index (χ3v) is 4.76. The molecule has 0 saturated heterocycles. The fraction of sp³-hybridized carbons (Fsp3) is 0.533. The number of allylic oxidation sites excluding steroid dienone is 2. The van der Waals surface area contributed by atoms with Crippen molar-refractivity contribution in [3.8, 4) is 0 Å². The number of nitrogen functional groups attached to an aromatic ring is 1. The number of imidazole rings is 1. The van der Waals surface area contributed by atoms with E-state index in [1.807, 2.05) is 4.57 Å². The first kappa shape index (κ1) is 14.0. The zero-order valence-electron chi connectivity index (χ0n) is 12.5. The molecule has 2 N–H and O–H groups in total. The minimum absolute atomic E-state index is 0.0842. The molecule has 0 radical (unpaired) electrons. The lowest BCUT2D eigenvalue weighted by Crippen LogP contribution is -2.17. The SMILES string of the molecule is CCC(C)C1CC=C(n2cnc3c(N)nc(F)nc32)[C@@H]1C. The fourth-order valence-corrected chi connectivity index (χ4v) is 3.29. The lowest BCUT2D eigenvalue weighted by molar-refractivity contribution is 0.306. The molecule has 0 fully saturated rings. The van der Waals surface area contributed by atoms with Crippen molar-refractivity contribution < 1.29 is 4.39 Å². The molecule has 2 unspecified atom stereocenters. The van der Waals surface area contributed by atoms with Crippen LogP contribution in [0.25, 0.3) is 16.9 Å². The first-order valence-corrected chi connectivity index (χ1v) is 7.39. The Labute approximate surface area is 123 Å². The van der Waals surface area contributed by atoms with E-state index in [1.54, 1.807) is 6.33 Å². The minimum atomic E-state index is -0.813. The molecule has 1 aliphatic rings. The van der Waals surface area contributed by atoms with Gasteiger partial charge in [0.25, 0.3) is 0 Å². The molecular formula is C15H20FN5. The standard InChI is InChI=1S/C15H20FN5/c1-4-8(2)10-5-6-11(9(10)3)21-7-18-12-13(17)19-15(16)20-14(12)21/h6-10H,4-5H2,1-3H3,(H2,17,19,20)/t8?,9-,10?/m1/s1. The third kappa shape index (κ3) is 2.18. The predicted octanol–water partition coefficient (Wildman–Crippen LogP) is 3.09. The van der Waals surface area contributed by atoms with E-state index in [-0.39, 0.29) is 5.82 Å². The molecular weight excluding hydrogens is 269 g/mol. The topological polar surface area (TPSA) is 69.6 Å². The second-order valence-corrected chi connectivity index (χ2v) is 5.87. The number of anilines is 1. The van der Waals surface area contributed by atoms with Crippen LogP contribution in [0, 0.1) is 23.8 Å². The average Bonchev–Trinajstić information content (AvgIpc) is 3.01. The van der Waals surface area contributed by atoms with Crippen molar-refractivity contribution >= 4 is 22.7 Å². The summed E-state index contributed by atoms with van der Waals surface area (Å²) in [4.78, 5) is 11.6. The van der Waals surface area contributed by atoms with Crippen molar-refractivity contribution in [2.75, 3.05) is 5.73 Å². The highest BCUT2D eigenvalue weighted by molar-refractivity contribution is 5.84. The molecule has 2 aromatic rings. The van der Waals surface area contributed by atoms with Crippen LogP contribution in [-0.2, 0) is 0 Å². The molecule has 2 aromatic heterocycles. The molecule has 2 heterocycles. The van der Waals surface area contributed by atoms with E-state index in [4.69, 9.17) is 5.73 Å². The Morgan fingerprint density at radius 2 is 2.24 bits per heavy atom. The summed E-state index contributed by atoms with van der Waals surface area (Å²) in [7, 11) is 0. The van der Waals surface area contributed by atoms with E-state index in [9.17, 15) is 4.39 Å². The van der Waals surface area contributed by atoms with Crippen molar-refractivity contribution in [2.24, 2.45) is 17.8 Å². The minimum Gasteiger partial charge on any atom is -0.382 e. The van der Waals surface area contributed by atoms with Gasteiger partial charge in [-0.2, -0.15) is 14.4 Å². The zero-order valence-corrected chi connectivity index (χ0v) is 12.5. The molecule has 0 bridgehead atoms. The molecule has 0 aliphatic heterocycles. The quantitative estimate of drug-likeness (QED) is 0.881. The van der Waals surface area contributed by atoms with E-state index in [0.717, 1.165) is 18.5 Å². The normalized spacial score (nSPS) is 23.5. The summed E-state index contributed by atoms with van der Waals surface area (Å²) in [6.45, 7) is 6.71. The first-order valence-electron chi connectivity index (χ1n) is 7.39. The van der Waals surface area contributed by atoms with Crippen molar-refractivity contribution in [1.29, 1.82) is 0 Å². The Balaban J connectivity index is 2.02. The van der Waals surface area contributed by atoms with Crippen LogP contribution >= 0.6 is 0 Å². The predicted molar refractivity (Wildman–Crippen MR) is 80.7 cm³/mol.